The highest BCUT2D eigenvalue weighted by Gasteiger charge is 2.36. The molecule has 0 aromatic carbocycles. The van der Waals surface area contributed by atoms with Crippen molar-refractivity contribution in [3.63, 3.8) is 0 Å². The number of rotatable bonds is 5. The number of anilines is 1. The molecule has 4 aromatic rings. The summed E-state index contributed by atoms with van der Waals surface area (Å²) in [6, 6.07) is 5.53. The summed E-state index contributed by atoms with van der Waals surface area (Å²) in [6.45, 7) is 0. The van der Waals surface area contributed by atoms with Crippen LogP contribution in [0.3, 0.4) is 0 Å². The Morgan fingerprint density at radius 1 is 1.20 bits per heavy atom. The Kier molecular flexibility index (Phi) is 5.89. The number of nitro groups is 1. The van der Waals surface area contributed by atoms with Crippen molar-refractivity contribution < 1.29 is 18.5 Å². The highest BCUT2D eigenvalue weighted by molar-refractivity contribution is 7.17. The van der Waals surface area contributed by atoms with E-state index in [1.807, 2.05) is 0 Å². The minimum atomic E-state index is -2.70. The Bertz CT molecular complexity index is 1430. The third-order valence-electron chi connectivity index (χ3n) is 5.70. The van der Waals surface area contributed by atoms with Gasteiger partial charge in [0.2, 0.25) is 5.92 Å². The Labute approximate surface area is 205 Å². The van der Waals surface area contributed by atoms with E-state index in [9.17, 15) is 23.7 Å². The summed E-state index contributed by atoms with van der Waals surface area (Å²) in [5.74, 6) is -2.93. The molecule has 10 nitrogen and oxygen atoms in total. The number of nitrogens with one attached hydrogen (secondary N) is 1. The van der Waals surface area contributed by atoms with Gasteiger partial charge in [-0.1, -0.05) is 22.9 Å². The van der Waals surface area contributed by atoms with Gasteiger partial charge in [-0.25, -0.2) is 28.4 Å². The van der Waals surface area contributed by atoms with E-state index in [2.05, 4.69) is 25.4 Å². The topological polar surface area (TPSA) is 129 Å². The summed E-state index contributed by atoms with van der Waals surface area (Å²) in [7, 11) is 0. The zero-order valence-electron chi connectivity index (χ0n) is 17.8. The number of halogens is 3. The summed E-state index contributed by atoms with van der Waals surface area (Å²) in [5.41, 5.74) is 0.883. The van der Waals surface area contributed by atoms with Crippen molar-refractivity contribution in [2.75, 3.05) is 5.32 Å². The maximum atomic E-state index is 13.7. The van der Waals surface area contributed by atoms with E-state index in [1.165, 1.54) is 24.5 Å². The summed E-state index contributed by atoms with van der Waals surface area (Å²) >= 11 is 6.62. The fourth-order valence-corrected chi connectivity index (χ4v) is 4.74. The molecule has 1 aliphatic carbocycles. The van der Waals surface area contributed by atoms with Crippen molar-refractivity contribution in [1.82, 2.24) is 24.7 Å². The Morgan fingerprint density at radius 3 is 2.63 bits per heavy atom. The Balaban J connectivity index is 1.56. The second kappa shape index (κ2) is 8.89. The van der Waals surface area contributed by atoms with Gasteiger partial charge in [-0.3, -0.25) is 14.9 Å². The molecular formula is C21H16ClF2N7O3S. The molecule has 5 rings (SSSR count). The molecule has 0 atom stereocenters. The molecular weight excluding hydrogens is 504 g/mol. The van der Waals surface area contributed by atoms with Crippen molar-refractivity contribution in [3.8, 4) is 11.4 Å². The van der Waals surface area contributed by atoms with Crippen LogP contribution in [0.2, 0.25) is 5.15 Å². The van der Waals surface area contributed by atoms with Crippen molar-refractivity contribution in [1.29, 1.82) is 0 Å². The maximum Gasteiger partial charge on any atom is 0.324 e. The molecule has 0 radical (unpaired) electrons. The normalized spacial score (nSPS) is 15.9. The number of carbonyl (C=O) groups is 1. The van der Waals surface area contributed by atoms with E-state index in [4.69, 9.17) is 11.6 Å². The second-order valence-electron chi connectivity index (χ2n) is 8.03. The third kappa shape index (κ3) is 4.68. The zero-order valence-corrected chi connectivity index (χ0v) is 19.4. The van der Waals surface area contributed by atoms with Crippen molar-refractivity contribution in [2.24, 2.45) is 0 Å². The molecule has 0 aliphatic heterocycles. The summed E-state index contributed by atoms with van der Waals surface area (Å²) in [4.78, 5) is 36.5. The van der Waals surface area contributed by atoms with Gasteiger partial charge in [0.15, 0.2) is 11.5 Å². The summed E-state index contributed by atoms with van der Waals surface area (Å²) < 4.78 is 29.0. The second-order valence-corrected chi connectivity index (χ2v) is 9.48. The number of carbonyl (C=O) groups excluding carboxylic acids is 1. The molecule has 4 heterocycles. The van der Waals surface area contributed by atoms with Crippen LogP contribution in [0, 0.1) is 10.1 Å². The van der Waals surface area contributed by atoms with Crippen molar-refractivity contribution in [2.45, 2.75) is 37.6 Å². The first-order valence-electron chi connectivity index (χ1n) is 10.5. The predicted octanol–water partition coefficient (Wildman–Crippen LogP) is 5.51. The smallest absolute Gasteiger partial charge is 0.305 e. The van der Waals surface area contributed by atoms with Gasteiger partial charge in [-0.05, 0) is 31.0 Å². The summed E-state index contributed by atoms with van der Waals surface area (Å²) in [5, 5.41) is 18.6. The van der Waals surface area contributed by atoms with Gasteiger partial charge >= 0.3 is 5.00 Å². The van der Waals surface area contributed by atoms with Gasteiger partial charge in [0.25, 0.3) is 5.91 Å². The number of aromatic nitrogens is 5. The van der Waals surface area contributed by atoms with Crippen LogP contribution >= 0.6 is 22.9 Å². The third-order valence-corrected chi connectivity index (χ3v) is 6.96. The fraction of sp³-hybridized carbons (Fsp3) is 0.286. The number of pyridine rings is 1. The van der Waals surface area contributed by atoms with Crippen molar-refractivity contribution in [3.05, 3.63) is 56.8 Å². The van der Waals surface area contributed by atoms with E-state index in [0.29, 0.717) is 16.6 Å². The zero-order chi connectivity index (χ0) is 24.7. The standard InChI is InChI=1S/C21H16ClF2N7O3S/c22-15-3-1-11(9-25-15)17-27-18(29-20(32)14-2-4-16(35-14)31(33)34)13-10-26-30(19(13)28-17)12-5-7-21(23,24)8-6-12/h1-4,9-10,12H,5-8H2,(H,27,28,29,32). The monoisotopic (exact) mass is 519 g/mol. The van der Waals surface area contributed by atoms with E-state index < -0.39 is 16.8 Å². The molecule has 14 heteroatoms. The molecule has 1 fully saturated rings. The molecule has 0 unspecified atom stereocenters. The lowest BCUT2D eigenvalue weighted by Crippen LogP contribution is -2.27. The largest absolute Gasteiger partial charge is 0.324 e. The average Bonchev–Trinajstić information content (AvgIpc) is 3.48. The van der Waals surface area contributed by atoms with Crippen LogP contribution in [0.5, 0.6) is 0 Å². The maximum absolute atomic E-state index is 13.7. The van der Waals surface area contributed by atoms with E-state index >= 15 is 0 Å². The predicted molar refractivity (Wildman–Crippen MR) is 125 cm³/mol. The van der Waals surface area contributed by atoms with Crippen LogP contribution in [0.1, 0.15) is 41.4 Å². The highest BCUT2D eigenvalue weighted by Crippen LogP contribution is 2.39. The lowest BCUT2D eigenvalue weighted by atomic mass is 9.92. The lowest BCUT2D eigenvalue weighted by Gasteiger charge is -2.28. The van der Waals surface area contributed by atoms with Gasteiger partial charge in [-0.15, -0.1) is 0 Å². The number of nitrogens with zero attached hydrogens (tertiary/aromatic N) is 6. The van der Waals surface area contributed by atoms with Gasteiger partial charge in [0.05, 0.1) is 27.4 Å². The number of amides is 1. The minimum Gasteiger partial charge on any atom is -0.305 e. The average molecular weight is 520 g/mol. The van der Waals surface area contributed by atoms with Crippen LogP contribution in [0.15, 0.2) is 36.7 Å². The first-order valence-corrected chi connectivity index (χ1v) is 11.7. The highest BCUT2D eigenvalue weighted by atomic mass is 35.5. The Morgan fingerprint density at radius 2 is 1.97 bits per heavy atom. The van der Waals surface area contributed by atoms with E-state index in [0.717, 1.165) is 11.3 Å². The first-order chi connectivity index (χ1) is 16.7. The molecule has 1 amide bonds. The van der Waals surface area contributed by atoms with Crippen molar-refractivity contribution >= 4 is 50.7 Å². The van der Waals surface area contributed by atoms with Crippen LogP contribution < -0.4 is 5.32 Å². The van der Waals surface area contributed by atoms with Crippen LogP contribution in [-0.4, -0.2) is 41.5 Å². The molecule has 0 spiro atoms. The summed E-state index contributed by atoms with van der Waals surface area (Å²) in [6.07, 6.45) is 2.90. The van der Waals surface area contributed by atoms with E-state index in [-0.39, 0.29) is 58.4 Å². The van der Waals surface area contributed by atoms with Crippen LogP contribution in [0.25, 0.3) is 22.4 Å². The number of thiophene rings is 1. The molecule has 0 saturated heterocycles. The first kappa shape index (κ1) is 23.2. The molecule has 4 aromatic heterocycles. The Hall–Kier alpha value is -3.58. The minimum absolute atomic E-state index is 0.125. The molecule has 180 valence electrons. The van der Waals surface area contributed by atoms with Crippen LogP contribution in [-0.2, 0) is 0 Å². The SMILES string of the molecule is O=C(Nc1nc(-c2ccc(Cl)nc2)nc2c1cnn2C1CCC(F)(F)CC1)c1ccc([N+](=O)[O-])s1. The quantitative estimate of drug-likeness (QED) is 0.209. The molecule has 35 heavy (non-hydrogen) atoms. The number of hydrogen-bond acceptors (Lipinski definition) is 8. The van der Waals surface area contributed by atoms with Gasteiger partial charge < -0.3 is 5.32 Å². The number of hydrogen-bond donors (Lipinski definition) is 1. The fourth-order valence-electron chi connectivity index (χ4n) is 3.91. The molecule has 1 N–H and O–H groups in total. The molecule has 1 aliphatic rings. The molecule has 1 saturated carbocycles. The van der Waals surface area contributed by atoms with Gasteiger partial charge in [0.1, 0.15) is 11.0 Å². The van der Waals surface area contributed by atoms with Gasteiger partial charge in [0, 0.05) is 30.7 Å². The number of fused-ring (bicyclic) bond motifs is 1. The van der Waals surface area contributed by atoms with E-state index in [1.54, 1.807) is 16.8 Å². The molecule has 0 bridgehead atoms. The van der Waals surface area contributed by atoms with Gasteiger partial charge in [-0.2, -0.15) is 5.10 Å². The van der Waals surface area contributed by atoms with Crippen LogP contribution in [0.4, 0.5) is 19.6 Å². The lowest BCUT2D eigenvalue weighted by molar-refractivity contribution is -0.380. The number of alkyl halides is 2.